The van der Waals surface area contributed by atoms with E-state index in [1.54, 1.807) is 30.3 Å². The van der Waals surface area contributed by atoms with Crippen LogP contribution in [0.2, 0.25) is 5.02 Å². The van der Waals surface area contributed by atoms with Gasteiger partial charge in [-0.05, 0) is 73.7 Å². The second-order valence-corrected chi connectivity index (χ2v) is 9.62. The summed E-state index contributed by atoms with van der Waals surface area (Å²) in [7, 11) is -2.74. The normalized spacial score (nSPS) is 12.1. The molecule has 0 bridgehead atoms. The maximum absolute atomic E-state index is 13.4. The van der Waals surface area contributed by atoms with Crippen molar-refractivity contribution in [2.24, 2.45) is 0 Å². The van der Waals surface area contributed by atoms with E-state index in [0.29, 0.717) is 16.5 Å². The SMILES string of the molecule is COc1ccc(N(C(=O)C(C)Oc2cccc(Br)c2)S(=O)(=O)c2ccc(Cl)cc2)cc1. The van der Waals surface area contributed by atoms with Gasteiger partial charge in [0, 0.05) is 9.50 Å². The van der Waals surface area contributed by atoms with E-state index in [0.717, 1.165) is 8.78 Å². The smallest absolute Gasteiger partial charge is 0.281 e. The van der Waals surface area contributed by atoms with Gasteiger partial charge >= 0.3 is 0 Å². The molecule has 0 saturated heterocycles. The molecule has 6 nitrogen and oxygen atoms in total. The Morgan fingerprint density at radius 2 is 1.65 bits per heavy atom. The third-order valence-corrected chi connectivity index (χ3v) is 6.80. The Hall–Kier alpha value is -2.55. The number of rotatable bonds is 7. The number of halogens is 2. The number of sulfonamides is 1. The van der Waals surface area contributed by atoms with Crippen molar-refractivity contribution in [2.45, 2.75) is 17.9 Å². The molecule has 0 aliphatic heterocycles. The van der Waals surface area contributed by atoms with Gasteiger partial charge in [-0.25, -0.2) is 8.42 Å². The summed E-state index contributed by atoms with van der Waals surface area (Å²) in [5, 5.41) is 0.382. The number of carbonyl (C=O) groups is 1. The van der Waals surface area contributed by atoms with Crippen LogP contribution in [0.4, 0.5) is 5.69 Å². The van der Waals surface area contributed by atoms with Crippen molar-refractivity contribution >= 4 is 49.1 Å². The van der Waals surface area contributed by atoms with Crippen LogP contribution in [0.15, 0.2) is 82.2 Å². The van der Waals surface area contributed by atoms with Gasteiger partial charge < -0.3 is 9.47 Å². The summed E-state index contributed by atoms with van der Waals surface area (Å²) in [6.07, 6.45) is -1.08. The summed E-state index contributed by atoms with van der Waals surface area (Å²) in [5.41, 5.74) is 0.158. The van der Waals surface area contributed by atoms with Crippen LogP contribution in [0, 0.1) is 0 Å². The molecule has 0 aromatic heterocycles. The average molecular weight is 525 g/mol. The van der Waals surface area contributed by atoms with Crippen LogP contribution in [0.3, 0.4) is 0 Å². The van der Waals surface area contributed by atoms with Gasteiger partial charge in [-0.1, -0.05) is 33.6 Å². The van der Waals surface area contributed by atoms with Crippen LogP contribution in [0.5, 0.6) is 11.5 Å². The number of ether oxygens (including phenoxy) is 2. The van der Waals surface area contributed by atoms with Crippen LogP contribution in [0.1, 0.15) is 6.92 Å². The summed E-state index contributed by atoms with van der Waals surface area (Å²) in [6.45, 7) is 1.50. The second kappa shape index (κ2) is 9.72. The molecule has 0 radical (unpaired) electrons. The maximum atomic E-state index is 13.4. The second-order valence-electron chi connectivity index (χ2n) is 6.48. The Morgan fingerprint density at radius 1 is 1.00 bits per heavy atom. The van der Waals surface area contributed by atoms with Crippen LogP contribution in [-0.4, -0.2) is 27.5 Å². The quantitative estimate of drug-likeness (QED) is 0.419. The van der Waals surface area contributed by atoms with Crippen molar-refractivity contribution in [1.82, 2.24) is 0 Å². The predicted molar refractivity (Wildman–Crippen MR) is 123 cm³/mol. The van der Waals surface area contributed by atoms with Crippen molar-refractivity contribution in [3.63, 3.8) is 0 Å². The number of hydrogen-bond donors (Lipinski definition) is 0. The van der Waals surface area contributed by atoms with E-state index < -0.39 is 22.0 Å². The lowest BCUT2D eigenvalue weighted by atomic mass is 10.2. The zero-order valence-corrected chi connectivity index (χ0v) is 19.8. The van der Waals surface area contributed by atoms with Gasteiger partial charge in [0.25, 0.3) is 15.9 Å². The molecule has 31 heavy (non-hydrogen) atoms. The molecule has 9 heteroatoms. The molecule has 3 aromatic rings. The highest BCUT2D eigenvalue weighted by Gasteiger charge is 2.35. The van der Waals surface area contributed by atoms with E-state index in [9.17, 15) is 13.2 Å². The van der Waals surface area contributed by atoms with Crippen molar-refractivity contribution in [1.29, 1.82) is 0 Å². The number of nitrogens with zero attached hydrogens (tertiary/aromatic N) is 1. The van der Waals surface area contributed by atoms with Crippen LogP contribution in [0.25, 0.3) is 0 Å². The topological polar surface area (TPSA) is 72.9 Å². The molecule has 0 spiro atoms. The summed E-state index contributed by atoms with van der Waals surface area (Å²) >= 11 is 9.24. The fourth-order valence-corrected chi connectivity index (χ4v) is 4.75. The first kappa shape index (κ1) is 23.1. The number of benzene rings is 3. The number of amides is 1. The Labute approximate surface area is 194 Å². The van der Waals surface area contributed by atoms with Gasteiger partial charge in [-0.2, -0.15) is 4.31 Å². The molecule has 0 saturated carbocycles. The number of carbonyl (C=O) groups excluding carboxylic acids is 1. The molecular weight excluding hydrogens is 506 g/mol. The molecule has 3 aromatic carbocycles. The summed E-state index contributed by atoms with van der Waals surface area (Å²) in [6, 6.07) is 18.7. The minimum Gasteiger partial charge on any atom is -0.497 e. The minimum atomic E-state index is -4.24. The first-order chi connectivity index (χ1) is 14.7. The molecule has 0 heterocycles. The van der Waals surface area contributed by atoms with E-state index in [-0.39, 0.29) is 10.6 Å². The fraction of sp³-hybridized carbons (Fsp3) is 0.136. The molecule has 1 unspecified atom stereocenters. The third kappa shape index (κ3) is 5.39. The van der Waals surface area contributed by atoms with E-state index >= 15 is 0 Å². The van der Waals surface area contributed by atoms with Crippen LogP contribution in [-0.2, 0) is 14.8 Å². The first-order valence-electron chi connectivity index (χ1n) is 9.13. The van der Waals surface area contributed by atoms with Gasteiger partial charge in [0.1, 0.15) is 11.5 Å². The lowest BCUT2D eigenvalue weighted by Crippen LogP contribution is -2.44. The third-order valence-electron chi connectivity index (χ3n) is 4.32. The molecular formula is C22H19BrClNO5S. The highest BCUT2D eigenvalue weighted by atomic mass is 79.9. The van der Waals surface area contributed by atoms with Gasteiger partial charge in [-0.3, -0.25) is 4.79 Å². The predicted octanol–water partition coefficient (Wildman–Crippen LogP) is 5.30. The number of hydrogen-bond acceptors (Lipinski definition) is 5. The minimum absolute atomic E-state index is 0.0734. The Morgan fingerprint density at radius 3 is 2.23 bits per heavy atom. The Bertz CT molecular complexity index is 1170. The van der Waals surface area contributed by atoms with Crippen molar-refractivity contribution < 1.29 is 22.7 Å². The van der Waals surface area contributed by atoms with Crippen LogP contribution >= 0.6 is 27.5 Å². The zero-order chi connectivity index (χ0) is 22.6. The Balaban J connectivity index is 2.01. The van der Waals surface area contributed by atoms with E-state index in [1.165, 1.54) is 50.4 Å². The molecule has 1 atom stereocenters. The highest BCUT2D eigenvalue weighted by Crippen LogP contribution is 2.28. The van der Waals surface area contributed by atoms with E-state index in [2.05, 4.69) is 15.9 Å². The van der Waals surface area contributed by atoms with Crippen LogP contribution < -0.4 is 13.8 Å². The maximum Gasteiger partial charge on any atom is 0.281 e. The largest absolute Gasteiger partial charge is 0.497 e. The van der Waals surface area contributed by atoms with Crippen molar-refractivity contribution in [3.8, 4) is 11.5 Å². The molecule has 3 rings (SSSR count). The summed E-state index contributed by atoms with van der Waals surface area (Å²) in [5.74, 6) is 0.201. The standard InChI is InChI=1S/C22H19BrClNO5S/c1-15(30-20-5-3-4-16(23)14-20)22(26)25(18-8-10-19(29-2)11-9-18)31(27,28)21-12-6-17(24)7-13-21/h3-15H,1-2H3. The monoisotopic (exact) mass is 523 g/mol. The molecule has 0 fully saturated rings. The van der Waals surface area contributed by atoms with E-state index in [4.69, 9.17) is 21.1 Å². The first-order valence-corrected chi connectivity index (χ1v) is 11.7. The molecule has 0 N–H and O–H groups in total. The van der Waals surface area contributed by atoms with E-state index in [1.807, 2.05) is 6.07 Å². The summed E-state index contributed by atoms with van der Waals surface area (Å²) in [4.78, 5) is 13.3. The number of anilines is 1. The van der Waals surface area contributed by atoms with Gasteiger partial charge in [0.15, 0.2) is 6.10 Å². The van der Waals surface area contributed by atoms with Crippen molar-refractivity contribution in [3.05, 3.63) is 82.3 Å². The number of methoxy groups -OCH3 is 1. The molecule has 162 valence electrons. The van der Waals surface area contributed by atoms with Gasteiger partial charge in [-0.15, -0.1) is 0 Å². The van der Waals surface area contributed by atoms with Crippen molar-refractivity contribution in [2.75, 3.05) is 11.4 Å². The molecule has 0 aliphatic rings. The molecule has 0 aliphatic carbocycles. The lowest BCUT2D eigenvalue weighted by molar-refractivity contribution is -0.123. The summed E-state index contributed by atoms with van der Waals surface area (Å²) < 4.78 is 39.2. The van der Waals surface area contributed by atoms with Gasteiger partial charge in [0.05, 0.1) is 17.7 Å². The average Bonchev–Trinajstić information content (AvgIpc) is 2.74. The van der Waals surface area contributed by atoms with Gasteiger partial charge in [0.2, 0.25) is 0 Å². The Kier molecular flexibility index (Phi) is 7.25. The zero-order valence-electron chi connectivity index (χ0n) is 16.7. The highest BCUT2D eigenvalue weighted by molar-refractivity contribution is 9.10. The fourth-order valence-electron chi connectivity index (χ4n) is 2.77. The lowest BCUT2D eigenvalue weighted by Gasteiger charge is -2.26. The molecule has 1 amide bonds.